The number of nitrogens with zero attached hydrogens (tertiary/aromatic N) is 3. The maximum atomic E-state index is 11.7. The van der Waals surface area contributed by atoms with Gasteiger partial charge < -0.3 is 16.8 Å². The van der Waals surface area contributed by atoms with E-state index in [4.69, 9.17) is 11.5 Å². The summed E-state index contributed by atoms with van der Waals surface area (Å²) < 4.78 is 0. The number of nitrogens with two attached hydrogens (primary N) is 2. The first kappa shape index (κ1) is 14.5. The van der Waals surface area contributed by atoms with Gasteiger partial charge in [-0.2, -0.15) is 15.0 Å². The summed E-state index contributed by atoms with van der Waals surface area (Å²) >= 11 is 2.85. The normalized spacial score (nSPS) is 10.4. The Morgan fingerprint density at radius 2 is 2.05 bits per heavy atom. The van der Waals surface area contributed by atoms with Crippen LogP contribution in [0.15, 0.2) is 22.7 Å². The van der Waals surface area contributed by atoms with Crippen LogP contribution >= 0.6 is 23.1 Å². The van der Waals surface area contributed by atoms with Crippen molar-refractivity contribution in [2.75, 3.05) is 23.8 Å². The van der Waals surface area contributed by atoms with E-state index < -0.39 is 0 Å². The molecule has 0 spiro atoms. The first-order valence-electron chi connectivity index (χ1n) is 5.82. The van der Waals surface area contributed by atoms with Crippen molar-refractivity contribution in [2.24, 2.45) is 0 Å². The zero-order valence-electron chi connectivity index (χ0n) is 10.6. The molecule has 1 amide bonds. The number of hydrogen-bond acceptors (Lipinski definition) is 8. The van der Waals surface area contributed by atoms with Crippen LogP contribution in [0.4, 0.5) is 11.9 Å². The van der Waals surface area contributed by atoms with E-state index in [2.05, 4.69) is 20.3 Å². The number of nitrogens with one attached hydrogen (secondary N) is 1. The molecule has 9 heteroatoms. The van der Waals surface area contributed by atoms with Crippen molar-refractivity contribution in [3.8, 4) is 0 Å². The lowest BCUT2D eigenvalue weighted by molar-refractivity contribution is -0.118. The van der Waals surface area contributed by atoms with Gasteiger partial charge in [-0.1, -0.05) is 17.8 Å². The Morgan fingerprint density at radius 1 is 1.30 bits per heavy atom. The Hall–Kier alpha value is -1.87. The van der Waals surface area contributed by atoms with Crippen LogP contribution < -0.4 is 16.8 Å². The van der Waals surface area contributed by atoms with Crippen LogP contribution in [0.1, 0.15) is 4.88 Å². The van der Waals surface area contributed by atoms with Gasteiger partial charge in [-0.15, -0.1) is 11.3 Å². The van der Waals surface area contributed by atoms with Crippen molar-refractivity contribution in [2.45, 2.75) is 11.6 Å². The summed E-state index contributed by atoms with van der Waals surface area (Å²) in [6.07, 6.45) is 0.833. The molecule has 2 heterocycles. The molecule has 0 saturated carbocycles. The van der Waals surface area contributed by atoms with Crippen LogP contribution in [0, 0.1) is 0 Å². The number of nitrogen functional groups attached to an aromatic ring is 2. The van der Waals surface area contributed by atoms with Gasteiger partial charge >= 0.3 is 0 Å². The molecule has 2 aromatic heterocycles. The average molecular weight is 310 g/mol. The number of anilines is 2. The van der Waals surface area contributed by atoms with Crippen molar-refractivity contribution in [1.29, 1.82) is 0 Å². The first-order chi connectivity index (χ1) is 9.63. The Balaban J connectivity index is 1.72. The summed E-state index contributed by atoms with van der Waals surface area (Å²) in [5.74, 6) is 0.244. The number of amides is 1. The van der Waals surface area contributed by atoms with Gasteiger partial charge in [0.1, 0.15) is 0 Å². The molecule has 0 atom stereocenters. The molecule has 0 aliphatic rings. The van der Waals surface area contributed by atoms with Gasteiger partial charge in [0.25, 0.3) is 0 Å². The van der Waals surface area contributed by atoms with E-state index in [-0.39, 0.29) is 23.6 Å². The fraction of sp³-hybridized carbons (Fsp3) is 0.273. The molecule has 0 aromatic carbocycles. The lowest BCUT2D eigenvalue weighted by atomic mass is 10.3. The Kier molecular flexibility index (Phi) is 5.13. The third-order valence-corrected chi connectivity index (χ3v) is 4.04. The molecule has 0 radical (unpaired) electrons. The summed E-state index contributed by atoms with van der Waals surface area (Å²) in [5, 5.41) is 5.20. The van der Waals surface area contributed by atoms with Crippen molar-refractivity contribution < 1.29 is 4.79 Å². The van der Waals surface area contributed by atoms with E-state index >= 15 is 0 Å². The minimum absolute atomic E-state index is 0.0538. The number of thioether (sulfide) groups is 1. The highest BCUT2D eigenvalue weighted by Gasteiger charge is 2.07. The van der Waals surface area contributed by atoms with Crippen molar-refractivity contribution >= 4 is 40.9 Å². The lowest BCUT2D eigenvalue weighted by Crippen LogP contribution is -2.27. The largest absolute Gasteiger partial charge is 0.368 e. The molecule has 106 valence electrons. The van der Waals surface area contributed by atoms with Crippen LogP contribution in [-0.2, 0) is 11.2 Å². The zero-order valence-corrected chi connectivity index (χ0v) is 12.2. The molecule has 5 N–H and O–H groups in total. The molecule has 0 aliphatic carbocycles. The van der Waals surface area contributed by atoms with Crippen LogP contribution in [0.25, 0.3) is 0 Å². The number of rotatable bonds is 6. The number of hydrogen-bond donors (Lipinski definition) is 3. The number of aromatic nitrogens is 3. The van der Waals surface area contributed by atoms with Crippen molar-refractivity contribution in [3.05, 3.63) is 22.4 Å². The maximum absolute atomic E-state index is 11.7. The van der Waals surface area contributed by atoms with Crippen molar-refractivity contribution in [1.82, 2.24) is 20.3 Å². The Morgan fingerprint density at radius 3 is 2.70 bits per heavy atom. The van der Waals surface area contributed by atoms with Gasteiger partial charge in [0.05, 0.1) is 5.75 Å². The van der Waals surface area contributed by atoms with Crippen LogP contribution in [-0.4, -0.2) is 33.2 Å². The Labute approximate surface area is 124 Å². The predicted molar refractivity (Wildman–Crippen MR) is 80.4 cm³/mol. The molecule has 0 fully saturated rings. The monoisotopic (exact) mass is 310 g/mol. The van der Waals surface area contributed by atoms with E-state index in [0.717, 1.165) is 6.42 Å². The van der Waals surface area contributed by atoms with E-state index in [1.165, 1.54) is 16.6 Å². The quantitative estimate of drug-likeness (QED) is 0.666. The highest BCUT2D eigenvalue weighted by molar-refractivity contribution is 7.99. The second-order valence-electron chi connectivity index (χ2n) is 3.80. The number of carbonyl (C=O) groups excluding carboxylic acids is 1. The summed E-state index contributed by atoms with van der Waals surface area (Å²) in [6, 6.07) is 4.04. The average Bonchev–Trinajstić information content (AvgIpc) is 2.88. The number of thiophene rings is 1. The Bertz CT molecular complexity index is 554. The second kappa shape index (κ2) is 7.06. The van der Waals surface area contributed by atoms with Crippen LogP contribution in [0.3, 0.4) is 0 Å². The van der Waals surface area contributed by atoms with Gasteiger partial charge in [0.2, 0.25) is 17.8 Å². The highest BCUT2D eigenvalue weighted by atomic mass is 32.2. The summed E-state index contributed by atoms with van der Waals surface area (Å²) in [6.45, 7) is 0.612. The highest BCUT2D eigenvalue weighted by Crippen LogP contribution is 2.13. The molecule has 20 heavy (non-hydrogen) atoms. The number of carbonyl (C=O) groups is 1. The summed E-state index contributed by atoms with van der Waals surface area (Å²) in [5.41, 5.74) is 10.9. The first-order valence-corrected chi connectivity index (χ1v) is 7.69. The fourth-order valence-corrected chi connectivity index (χ4v) is 2.80. The van der Waals surface area contributed by atoms with Gasteiger partial charge in [0, 0.05) is 11.4 Å². The molecule has 0 bridgehead atoms. The van der Waals surface area contributed by atoms with Gasteiger partial charge in [0.15, 0.2) is 5.16 Å². The molecular formula is C11H14N6OS2. The van der Waals surface area contributed by atoms with Gasteiger partial charge in [-0.3, -0.25) is 4.79 Å². The third-order valence-electron chi connectivity index (χ3n) is 2.26. The molecular weight excluding hydrogens is 296 g/mol. The molecule has 0 saturated heterocycles. The predicted octanol–water partition coefficient (Wildman–Crippen LogP) is 0.548. The fourth-order valence-electron chi connectivity index (χ4n) is 1.41. The van der Waals surface area contributed by atoms with E-state index in [1.807, 2.05) is 17.5 Å². The van der Waals surface area contributed by atoms with E-state index in [9.17, 15) is 4.79 Å². The SMILES string of the molecule is Nc1nc(N)nc(SCC(=O)NCCc2cccs2)n1. The second-order valence-corrected chi connectivity index (χ2v) is 5.78. The third kappa shape index (κ3) is 4.67. The minimum atomic E-state index is -0.0795. The van der Waals surface area contributed by atoms with Crippen molar-refractivity contribution in [3.63, 3.8) is 0 Å². The lowest BCUT2D eigenvalue weighted by Gasteiger charge is -2.04. The van der Waals surface area contributed by atoms with Crippen LogP contribution in [0.5, 0.6) is 0 Å². The van der Waals surface area contributed by atoms with Gasteiger partial charge in [-0.05, 0) is 17.9 Å². The molecule has 0 unspecified atom stereocenters. The topological polar surface area (TPSA) is 120 Å². The zero-order chi connectivity index (χ0) is 14.4. The summed E-state index contributed by atoms with van der Waals surface area (Å²) in [4.78, 5) is 24.3. The summed E-state index contributed by atoms with van der Waals surface area (Å²) in [7, 11) is 0. The standard InChI is InChI=1S/C11H14N6OS2/c12-9-15-10(13)17-11(16-9)20-6-8(18)14-4-3-7-2-1-5-19-7/h1-2,5H,3-4,6H2,(H,14,18)(H4,12,13,15,16,17). The van der Waals surface area contributed by atoms with E-state index in [1.54, 1.807) is 11.3 Å². The maximum Gasteiger partial charge on any atom is 0.230 e. The van der Waals surface area contributed by atoms with Crippen LogP contribution in [0.2, 0.25) is 0 Å². The minimum Gasteiger partial charge on any atom is -0.368 e. The van der Waals surface area contributed by atoms with E-state index in [0.29, 0.717) is 11.7 Å². The molecule has 0 aliphatic heterocycles. The van der Waals surface area contributed by atoms with Gasteiger partial charge in [-0.25, -0.2) is 0 Å². The molecule has 2 rings (SSSR count). The molecule has 7 nitrogen and oxygen atoms in total. The molecule has 2 aromatic rings. The smallest absolute Gasteiger partial charge is 0.230 e.